The molecule has 1 aromatic heterocycles. The highest BCUT2D eigenvalue weighted by Crippen LogP contribution is 2.20. The summed E-state index contributed by atoms with van der Waals surface area (Å²) >= 11 is 1.37. The van der Waals surface area contributed by atoms with Gasteiger partial charge in [-0.2, -0.15) is 0 Å². The highest BCUT2D eigenvalue weighted by Gasteiger charge is 2.28. The number of amides is 3. The predicted octanol–water partition coefficient (Wildman–Crippen LogP) is 2.64. The first-order valence-corrected chi connectivity index (χ1v) is 9.30. The Morgan fingerprint density at radius 2 is 1.81 bits per heavy atom. The van der Waals surface area contributed by atoms with E-state index in [-0.39, 0.29) is 37.1 Å². The number of carbonyl (C=O) groups is 3. The van der Waals surface area contributed by atoms with E-state index in [4.69, 9.17) is 0 Å². The number of rotatable bonds is 6. The first-order valence-electron chi connectivity index (χ1n) is 8.48. The molecule has 7 nitrogen and oxygen atoms in total. The number of likely N-dealkylation sites (tertiary alicyclic amines) is 1. The second-order valence-corrected chi connectivity index (χ2v) is 7.69. The third-order valence-corrected chi connectivity index (χ3v) is 4.84. The van der Waals surface area contributed by atoms with Gasteiger partial charge < -0.3 is 0 Å². The van der Waals surface area contributed by atoms with Gasteiger partial charge in [0.05, 0.1) is 6.54 Å². The lowest BCUT2D eigenvalue weighted by molar-refractivity contribution is -0.139. The van der Waals surface area contributed by atoms with Crippen molar-refractivity contribution in [3.8, 4) is 0 Å². The van der Waals surface area contributed by atoms with E-state index in [1.807, 2.05) is 0 Å². The van der Waals surface area contributed by atoms with Gasteiger partial charge in [-0.05, 0) is 23.6 Å². The van der Waals surface area contributed by atoms with Gasteiger partial charge in [-0.25, -0.2) is 0 Å². The Morgan fingerprint density at radius 1 is 1.15 bits per heavy atom. The number of aromatic nitrogens is 2. The molecule has 2 heterocycles. The monoisotopic (exact) mass is 372 g/mol. The number of hydrogen-bond donors (Lipinski definition) is 1. The van der Waals surface area contributed by atoms with Crippen molar-refractivity contribution in [1.82, 2.24) is 15.1 Å². The van der Waals surface area contributed by atoms with Crippen molar-refractivity contribution in [2.75, 3.05) is 5.32 Å². The van der Waals surface area contributed by atoms with Gasteiger partial charge >= 0.3 is 0 Å². The van der Waals surface area contributed by atoms with Crippen molar-refractivity contribution >= 4 is 34.2 Å². The molecule has 1 fully saturated rings. The van der Waals surface area contributed by atoms with E-state index < -0.39 is 0 Å². The summed E-state index contributed by atoms with van der Waals surface area (Å²) in [5.74, 6) is -0.0823. The smallest absolute Gasteiger partial charge is 0.257 e. The van der Waals surface area contributed by atoms with Gasteiger partial charge in [-0.3, -0.25) is 24.6 Å². The summed E-state index contributed by atoms with van der Waals surface area (Å²) in [6.45, 7) is 4.45. The minimum atomic E-state index is -0.267. The Hall–Kier alpha value is -2.61. The molecule has 3 rings (SSSR count). The van der Waals surface area contributed by atoms with E-state index in [0.29, 0.717) is 16.6 Å². The van der Waals surface area contributed by atoms with Crippen molar-refractivity contribution < 1.29 is 14.4 Å². The summed E-state index contributed by atoms with van der Waals surface area (Å²) in [6.07, 6.45) is 1.39. The van der Waals surface area contributed by atoms with Crippen LogP contribution in [-0.4, -0.2) is 32.8 Å². The highest BCUT2D eigenvalue weighted by atomic mass is 32.1. The van der Waals surface area contributed by atoms with E-state index in [9.17, 15) is 14.4 Å². The van der Waals surface area contributed by atoms with Crippen LogP contribution in [0.25, 0.3) is 0 Å². The Kier molecular flexibility index (Phi) is 5.41. The molecule has 1 aromatic carbocycles. The maximum Gasteiger partial charge on any atom is 0.257 e. The quantitative estimate of drug-likeness (QED) is 0.787. The standard InChI is InChI=1S/C18H20N4O3S/c1-11(2)9-14-20-21-18(26-14)19-17(25)13-5-3-12(4-6-13)10-22-15(23)7-8-16(22)24/h3-6,11H,7-10H2,1-2H3,(H,19,21,25). The second-order valence-electron chi connectivity index (χ2n) is 6.62. The average molecular weight is 372 g/mol. The van der Waals surface area contributed by atoms with Crippen molar-refractivity contribution in [3.05, 3.63) is 40.4 Å². The summed E-state index contributed by atoms with van der Waals surface area (Å²) in [5, 5.41) is 12.2. The zero-order chi connectivity index (χ0) is 18.7. The number of imide groups is 1. The van der Waals surface area contributed by atoms with E-state index in [1.54, 1.807) is 24.3 Å². The maximum atomic E-state index is 12.3. The fraction of sp³-hybridized carbons (Fsp3) is 0.389. The minimum Gasteiger partial charge on any atom is -0.296 e. The third kappa shape index (κ3) is 4.32. The van der Waals surface area contributed by atoms with Crippen molar-refractivity contribution in [3.63, 3.8) is 0 Å². The molecule has 0 saturated carbocycles. The van der Waals surface area contributed by atoms with E-state index in [2.05, 4.69) is 29.4 Å². The average Bonchev–Trinajstić information content (AvgIpc) is 3.16. The minimum absolute atomic E-state index is 0.148. The fourth-order valence-electron chi connectivity index (χ4n) is 2.65. The van der Waals surface area contributed by atoms with Crippen LogP contribution in [0.5, 0.6) is 0 Å². The molecule has 0 aliphatic carbocycles. The molecule has 0 bridgehead atoms. The fourth-order valence-corrected chi connectivity index (χ4v) is 3.60. The molecular formula is C18H20N4O3S. The summed E-state index contributed by atoms with van der Waals surface area (Å²) < 4.78 is 0. The molecule has 8 heteroatoms. The van der Waals surface area contributed by atoms with Crippen LogP contribution in [-0.2, 0) is 22.6 Å². The second kappa shape index (κ2) is 7.74. The SMILES string of the molecule is CC(C)Cc1nnc(NC(=O)c2ccc(CN3C(=O)CCC3=O)cc2)s1. The van der Waals surface area contributed by atoms with Gasteiger partial charge in [0.2, 0.25) is 16.9 Å². The van der Waals surface area contributed by atoms with Crippen LogP contribution in [0.1, 0.15) is 47.6 Å². The number of nitrogens with one attached hydrogen (secondary N) is 1. The Morgan fingerprint density at radius 3 is 2.42 bits per heavy atom. The molecule has 0 atom stereocenters. The zero-order valence-corrected chi connectivity index (χ0v) is 15.5. The maximum absolute atomic E-state index is 12.3. The van der Waals surface area contributed by atoms with Gasteiger partial charge in [0.25, 0.3) is 5.91 Å². The third-order valence-electron chi connectivity index (χ3n) is 3.98. The zero-order valence-electron chi connectivity index (χ0n) is 14.7. The predicted molar refractivity (Wildman–Crippen MR) is 97.6 cm³/mol. The Labute approximate surface area is 155 Å². The molecule has 1 N–H and O–H groups in total. The molecule has 26 heavy (non-hydrogen) atoms. The van der Waals surface area contributed by atoms with E-state index >= 15 is 0 Å². The summed E-state index contributed by atoms with van der Waals surface area (Å²) in [6, 6.07) is 6.84. The number of anilines is 1. The molecule has 1 saturated heterocycles. The molecule has 0 unspecified atom stereocenters. The van der Waals surface area contributed by atoms with Crippen LogP contribution >= 0.6 is 11.3 Å². The highest BCUT2D eigenvalue weighted by molar-refractivity contribution is 7.15. The van der Waals surface area contributed by atoms with Crippen LogP contribution in [0.15, 0.2) is 24.3 Å². The number of hydrogen-bond acceptors (Lipinski definition) is 6. The Balaban J connectivity index is 1.61. The molecular weight excluding hydrogens is 352 g/mol. The summed E-state index contributed by atoms with van der Waals surface area (Å²) in [7, 11) is 0. The van der Waals surface area contributed by atoms with Crippen LogP contribution in [0.3, 0.4) is 0 Å². The molecule has 0 radical (unpaired) electrons. The largest absolute Gasteiger partial charge is 0.296 e. The van der Waals surface area contributed by atoms with Crippen LogP contribution in [0, 0.1) is 5.92 Å². The van der Waals surface area contributed by atoms with Crippen molar-refractivity contribution in [2.24, 2.45) is 5.92 Å². The van der Waals surface area contributed by atoms with E-state index in [1.165, 1.54) is 16.2 Å². The number of nitrogens with zero attached hydrogens (tertiary/aromatic N) is 3. The molecule has 1 aliphatic heterocycles. The Bertz CT molecular complexity index is 813. The van der Waals surface area contributed by atoms with Gasteiger partial charge in [0.15, 0.2) is 0 Å². The van der Waals surface area contributed by atoms with Gasteiger partial charge in [0, 0.05) is 24.8 Å². The number of benzene rings is 1. The topological polar surface area (TPSA) is 92.3 Å². The molecule has 136 valence electrons. The van der Waals surface area contributed by atoms with E-state index in [0.717, 1.165) is 17.0 Å². The van der Waals surface area contributed by atoms with Gasteiger partial charge in [-0.15, -0.1) is 10.2 Å². The van der Waals surface area contributed by atoms with Gasteiger partial charge in [0.1, 0.15) is 5.01 Å². The normalized spacial score (nSPS) is 14.3. The lowest BCUT2D eigenvalue weighted by atomic mass is 10.1. The van der Waals surface area contributed by atoms with Crippen LogP contribution in [0.2, 0.25) is 0 Å². The van der Waals surface area contributed by atoms with Crippen LogP contribution in [0.4, 0.5) is 5.13 Å². The molecule has 2 aromatic rings. The molecule has 0 spiro atoms. The van der Waals surface area contributed by atoms with Crippen LogP contribution < -0.4 is 5.32 Å². The first kappa shape index (κ1) is 18.2. The van der Waals surface area contributed by atoms with Crippen molar-refractivity contribution in [1.29, 1.82) is 0 Å². The first-order chi connectivity index (χ1) is 12.4. The summed E-state index contributed by atoms with van der Waals surface area (Å²) in [4.78, 5) is 36.9. The lowest BCUT2D eigenvalue weighted by Gasteiger charge is -2.13. The molecule has 1 aliphatic rings. The van der Waals surface area contributed by atoms with Crippen molar-refractivity contribution in [2.45, 2.75) is 39.7 Å². The number of carbonyl (C=O) groups excluding carboxylic acids is 3. The lowest BCUT2D eigenvalue weighted by Crippen LogP contribution is -2.28. The van der Waals surface area contributed by atoms with Gasteiger partial charge in [-0.1, -0.05) is 37.3 Å². The summed E-state index contributed by atoms with van der Waals surface area (Å²) in [5.41, 5.74) is 1.29. The molecule has 3 amide bonds.